The van der Waals surface area contributed by atoms with Crippen LogP contribution >= 0.6 is 0 Å². The van der Waals surface area contributed by atoms with E-state index in [0.717, 1.165) is 53.4 Å². The zero-order chi connectivity index (χ0) is 38.0. The summed E-state index contributed by atoms with van der Waals surface area (Å²) in [5.41, 5.74) is 20.5. The van der Waals surface area contributed by atoms with Gasteiger partial charge < -0.3 is 26.6 Å². The maximum atomic E-state index is 10.6. The van der Waals surface area contributed by atoms with E-state index in [1.165, 1.54) is 87.3 Å². The zero-order valence-electron chi connectivity index (χ0n) is 33.4. The van der Waals surface area contributed by atoms with Crippen LogP contribution in [0.3, 0.4) is 0 Å². The van der Waals surface area contributed by atoms with Gasteiger partial charge in [0.25, 0.3) is 0 Å². The van der Waals surface area contributed by atoms with Crippen molar-refractivity contribution in [3.63, 3.8) is 0 Å². The molecule has 1 aromatic heterocycles. The lowest BCUT2D eigenvalue weighted by molar-refractivity contribution is 0.137. The largest absolute Gasteiger partial charge is 0.404 e. The molecule has 7 nitrogen and oxygen atoms in total. The highest BCUT2D eigenvalue weighted by Crippen LogP contribution is 2.25. The van der Waals surface area contributed by atoms with E-state index in [1.54, 1.807) is 18.6 Å². The fourth-order valence-electron chi connectivity index (χ4n) is 6.08. The van der Waals surface area contributed by atoms with Gasteiger partial charge in [-0.1, -0.05) is 101 Å². The zero-order valence-corrected chi connectivity index (χ0v) is 33.4. The van der Waals surface area contributed by atoms with Crippen molar-refractivity contribution >= 4 is 17.5 Å². The van der Waals surface area contributed by atoms with Gasteiger partial charge in [-0.25, -0.2) is 0 Å². The minimum absolute atomic E-state index is 0.162. The smallest absolute Gasteiger partial charge is 0.0989 e. The van der Waals surface area contributed by atoms with Crippen molar-refractivity contribution in [1.29, 1.82) is 0 Å². The third kappa shape index (κ3) is 18.3. The van der Waals surface area contributed by atoms with Gasteiger partial charge >= 0.3 is 0 Å². The van der Waals surface area contributed by atoms with Gasteiger partial charge in [0.15, 0.2) is 0 Å². The Morgan fingerprint density at radius 2 is 1.50 bits per heavy atom. The number of aromatic nitrogens is 1. The second kappa shape index (κ2) is 27.1. The molecule has 7 heteroatoms. The Labute approximate surface area is 316 Å². The summed E-state index contributed by atoms with van der Waals surface area (Å²) in [7, 11) is 0. The number of aliphatic hydroxyl groups is 1. The average Bonchev–Trinajstić information content (AvgIpc) is 3.15. The molecule has 0 bridgehead atoms. The molecule has 0 aliphatic heterocycles. The first-order valence-electron chi connectivity index (χ1n) is 19.9. The fraction of sp³-hybridized carbons (Fsp3) is 0.556. The monoisotopic (exact) mass is 714 g/mol. The number of aliphatic imine (C=N–C) groups is 1. The molecular formula is C45H71N5O2. The minimum atomic E-state index is -0.632. The molecule has 3 atom stereocenters. The van der Waals surface area contributed by atoms with Crippen LogP contribution in [0.15, 0.2) is 72.1 Å². The Morgan fingerprint density at radius 3 is 2.12 bits per heavy atom. The molecule has 1 heterocycles. The first-order valence-corrected chi connectivity index (χ1v) is 19.9. The second-order valence-corrected chi connectivity index (χ2v) is 14.4. The van der Waals surface area contributed by atoms with Gasteiger partial charge in [0.05, 0.1) is 25.3 Å². The molecule has 2 aromatic carbocycles. The van der Waals surface area contributed by atoms with Gasteiger partial charge in [0.1, 0.15) is 0 Å². The Morgan fingerprint density at radius 1 is 0.846 bits per heavy atom. The topological polar surface area (TPSA) is 119 Å². The molecule has 0 saturated carbocycles. The number of pyridine rings is 1. The number of rotatable bonds is 24. The van der Waals surface area contributed by atoms with Crippen LogP contribution in [0.4, 0.5) is 5.69 Å². The van der Waals surface area contributed by atoms with Crippen molar-refractivity contribution in [2.75, 3.05) is 31.6 Å². The number of unbranched alkanes of at least 4 members (excludes halogenated alkanes) is 9. The predicted molar refractivity (Wildman–Crippen MR) is 224 cm³/mol. The van der Waals surface area contributed by atoms with Crippen LogP contribution in [0.1, 0.15) is 131 Å². The number of nitrogens with zero attached hydrogens (tertiary/aromatic N) is 2. The van der Waals surface area contributed by atoms with Crippen molar-refractivity contribution in [3.05, 3.63) is 101 Å². The maximum Gasteiger partial charge on any atom is 0.0989 e. The first-order chi connectivity index (χ1) is 25.2. The van der Waals surface area contributed by atoms with Gasteiger partial charge in [-0.2, -0.15) is 0 Å². The van der Waals surface area contributed by atoms with Gasteiger partial charge in [0.2, 0.25) is 0 Å². The Balaban J connectivity index is 0.000000602. The summed E-state index contributed by atoms with van der Waals surface area (Å²) < 4.78 is 5.75. The van der Waals surface area contributed by atoms with E-state index in [2.05, 4.69) is 67.3 Å². The van der Waals surface area contributed by atoms with E-state index < -0.39 is 6.10 Å². The Hall–Kier alpha value is -3.52. The van der Waals surface area contributed by atoms with Crippen molar-refractivity contribution in [2.45, 2.75) is 131 Å². The number of nitrogens with one attached hydrogen (secondary N) is 1. The van der Waals surface area contributed by atoms with Crippen LogP contribution < -0.4 is 16.8 Å². The maximum absolute atomic E-state index is 10.6. The number of nitrogens with two attached hydrogens (primary N) is 2. The predicted octanol–water partition coefficient (Wildman–Crippen LogP) is 10.1. The van der Waals surface area contributed by atoms with E-state index in [0.29, 0.717) is 13.2 Å². The van der Waals surface area contributed by atoms with Gasteiger partial charge in [0, 0.05) is 42.7 Å². The molecule has 0 aliphatic carbocycles. The summed E-state index contributed by atoms with van der Waals surface area (Å²) >= 11 is 0. The van der Waals surface area contributed by atoms with Crippen LogP contribution in [-0.4, -0.2) is 48.7 Å². The molecule has 3 aromatic rings. The van der Waals surface area contributed by atoms with E-state index in [4.69, 9.17) is 16.2 Å². The quantitative estimate of drug-likeness (QED) is 0.0542. The SMILES string of the molecule is CCC(C)Cc1cc(C)ccc1C.Cc1cc(/C(C=NCCOCCCCCCCCCCCCN)=C/N)ccc1NC(C)C(O)c1ccncc1. The van der Waals surface area contributed by atoms with E-state index in [9.17, 15) is 5.11 Å². The van der Waals surface area contributed by atoms with E-state index in [1.807, 2.05) is 44.3 Å². The molecule has 3 rings (SSSR count). The summed E-state index contributed by atoms with van der Waals surface area (Å²) in [6, 6.07) is 16.4. The highest BCUT2D eigenvalue weighted by atomic mass is 16.5. The number of hydrogen-bond donors (Lipinski definition) is 4. The number of aliphatic hydroxyl groups excluding tert-OH is 1. The third-order valence-electron chi connectivity index (χ3n) is 9.75. The third-order valence-corrected chi connectivity index (χ3v) is 9.75. The van der Waals surface area contributed by atoms with Crippen LogP contribution in [-0.2, 0) is 11.2 Å². The van der Waals surface area contributed by atoms with E-state index >= 15 is 0 Å². The normalized spacial score (nSPS) is 13.4. The summed E-state index contributed by atoms with van der Waals surface area (Å²) in [6.45, 7) is 15.8. The summed E-state index contributed by atoms with van der Waals surface area (Å²) in [5.74, 6) is 0.806. The van der Waals surface area contributed by atoms with Gasteiger partial charge in [-0.05, 0) is 112 Å². The number of anilines is 1. The molecule has 0 saturated heterocycles. The van der Waals surface area contributed by atoms with Crippen molar-refractivity contribution in [2.24, 2.45) is 22.4 Å². The molecule has 0 amide bonds. The number of aryl methyl sites for hydroxylation is 3. The fourth-order valence-corrected chi connectivity index (χ4v) is 6.08. The molecule has 52 heavy (non-hydrogen) atoms. The molecule has 0 spiro atoms. The standard InChI is InChI=1S/C32H51N5O2.C13H20/c1-26-23-29(13-14-31(26)37-27(2)32(38)28-15-18-35-19-16-28)30(24-34)25-36-20-22-39-21-12-10-8-6-4-3-5-7-9-11-17-33;1-5-10(2)8-13-9-11(3)6-7-12(13)4/h13-16,18-19,23-25,27,32,37-38H,3-12,17,20-22,33-34H2,1-2H3;6-7,9-10H,5,8H2,1-4H3/b30-24+,36-25?;. The van der Waals surface area contributed by atoms with Crippen LogP contribution in [0.5, 0.6) is 0 Å². The molecular weight excluding hydrogens is 643 g/mol. The molecule has 0 radical (unpaired) electrons. The molecule has 288 valence electrons. The number of ether oxygens (including phenoxy) is 1. The van der Waals surface area contributed by atoms with Crippen LogP contribution in [0.2, 0.25) is 0 Å². The summed E-state index contributed by atoms with van der Waals surface area (Å²) in [5, 5.41) is 14.1. The van der Waals surface area contributed by atoms with Crippen LogP contribution in [0, 0.1) is 26.7 Å². The van der Waals surface area contributed by atoms with Gasteiger partial charge in [-0.3, -0.25) is 9.98 Å². The lowest BCUT2D eigenvalue weighted by Crippen LogP contribution is -2.24. The molecule has 0 fully saturated rings. The second-order valence-electron chi connectivity index (χ2n) is 14.4. The summed E-state index contributed by atoms with van der Waals surface area (Å²) in [4.78, 5) is 8.53. The Kier molecular flexibility index (Phi) is 23.3. The average molecular weight is 714 g/mol. The first kappa shape index (κ1) is 44.6. The highest BCUT2D eigenvalue weighted by Gasteiger charge is 2.17. The lowest BCUT2D eigenvalue weighted by Gasteiger charge is -2.23. The number of benzene rings is 2. The Bertz CT molecular complexity index is 1420. The van der Waals surface area contributed by atoms with Crippen molar-refractivity contribution < 1.29 is 9.84 Å². The van der Waals surface area contributed by atoms with E-state index in [-0.39, 0.29) is 6.04 Å². The molecule has 3 unspecified atom stereocenters. The number of hydrogen-bond acceptors (Lipinski definition) is 7. The van der Waals surface area contributed by atoms with Crippen LogP contribution in [0.25, 0.3) is 5.57 Å². The molecule has 6 N–H and O–H groups in total. The van der Waals surface area contributed by atoms with Crippen molar-refractivity contribution in [3.8, 4) is 0 Å². The highest BCUT2D eigenvalue weighted by molar-refractivity contribution is 6.09. The lowest BCUT2D eigenvalue weighted by atomic mass is 9.94. The number of allylic oxidation sites excluding steroid dienone is 1. The summed E-state index contributed by atoms with van der Waals surface area (Å²) in [6.07, 6.45) is 21.5. The van der Waals surface area contributed by atoms with Crippen molar-refractivity contribution in [1.82, 2.24) is 4.98 Å². The molecule has 0 aliphatic rings. The van der Waals surface area contributed by atoms with Gasteiger partial charge in [-0.15, -0.1) is 0 Å². The minimum Gasteiger partial charge on any atom is -0.404 e.